The summed E-state index contributed by atoms with van der Waals surface area (Å²) in [5.41, 5.74) is 1.11. The summed E-state index contributed by atoms with van der Waals surface area (Å²) in [6.45, 7) is 5.20. The van der Waals surface area contributed by atoms with Gasteiger partial charge >= 0.3 is 5.97 Å². The van der Waals surface area contributed by atoms with E-state index in [-0.39, 0.29) is 16.6 Å². The van der Waals surface area contributed by atoms with Crippen LogP contribution in [-0.4, -0.2) is 20.5 Å². The van der Waals surface area contributed by atoms with Gasteiger partial charge in [-0.05, 0) is 51.1 Å². The van der Waals surface area contributed by atoms with Gasteiger partial charge in [0.2, 0.25) is 0 Å². The van der Waals surface area contributed by atoms with Crippen molar-refractivity contribution in [2.24, 2.45) is 0 Å². The maximum absolute atomic E-state index is 13.0. The molecule has 1 N–H and O–H groups in total. The van der Waals surface area contributed by atoms with Crippen LogP contribution in [0.2, 0.25) is 5.02 Å². The van der Waals surface area contributed by atoms with Crippen LogP contribution in [0.15, 0.2) is 63.9 Å². The zero-order valence-corrected chi connectivity index (χ0v) is 18.7. The highest BCUT2D eigenvalue weighted by Crippen LogP contribution is 2.37. The van der Waals surface area contributed by atoms with Crippen molar-refractivity contribution in [1.29, 1.82) is 0 Å². The Kier molecular flexibility index (Phi) is 5.41. The van der Waals surface area contributed by atoms with E-state index in [4.69, 9.17) is 20.8 Å². The van der Waals surface area contributed by atoms with Gasteiger partial charge in [0.15, 0.2) is 0 Å². The highest BCUT2D eigenvalue weighted by atomic mass is 35.5. The molecule has 0 aliphatic rings. The average molecular weight is 458 g/mol. The number of nitrogens with one attached hydrogen (secondary N) is 1. The Morgan fingerprint density at radius 1 is 1.03 bits per heavy atom. The third kappa shape index (κ3) is 3.98. The Bertz CT molecular complexity index is 1410. The number of carbonyl (C=O) groups is 1. The van der Waals surface area contributed by atoms with Crippen LogP contribution in [0.25, 0.3) is 21.7 Å². The Morgan fingerprint density at radius 3 is 2.32 bits per heavy atom. The molecular formula is C23H20ClNO5S. The largest absolute Gasteiger partial charge is 0.460 e. The topological polar surface area (TPSA) is 85.6 Å². The third-order valence-corrected chi connectivity index (χ3v) is 6.42. The second-order valence-corrected chi connectivity index (χ2v) is 9.51. The molecule has 0 aliphatic carbocycles. The van der Waals surface area contributed by atoms with Crippen molar-refractivity contribution in [3.8, 4) is 0 Å². The maximum atomic E-state index is 13.0. The lowest BCUT2D eigenvalue weighted by Crippen LogP contribution is -2.14. The van der Waals surface area contributed by atoms with Crippen molar-refractivity contribution >= 4 is 55.0 Å². The standard InChI is InChI=1S/C23H20ClNO5S/c1-13(2)29-23(26)21-14(3)30-22-18-7-5-4-6-17(18)20(12-19(21)22)25-31(27,28)16-10-8-15(24)9-11-16/h4-13,25H,1-3H3. The number of halogens is 1. The number of hydrogen-bond donors (Lipinski definition) is 1. The number of anilines is 1. The minimum absolute atomic E-state index is 0.0730. The number of sulfonamides is 1. The number of carbonyl (C=O) groups excluding carboxylic acids is 1. The van der Waals surface area contributed by atoms with Crippen molar-refractivity contribution in [3.63, 3.8) is 0 Å². The maximum Gasteiger partial charge on any atom is 0.342 e. The Morgan fingerprint density at radius 2 is 1.68 bits per heavy atom. The monoisotopic (exact) mass is 457 g/mol. The summed E-state index contributed by atoms with van der Waals surface area (Å²) in [6, 6.07) is 14.7. The molecule has 160 valence electrons. The molecule has 0 amide bonds. The average Bonchev–Trinajstić information content (AvgIpc) is 3.04. The van der Waals surface area contributed by atoms with E-state index in [1.807, 2.05) is 12.1 Å². The van der Waals surface area contributed by atoms with Gasteiger partial charge in [-0.25, -0.2) is 13.2 Å². The van der Waals surface area contributed by atoms with Crippen LogP contribution >= 0.6 is 11.6 Å². The van der Waals surface area contributed by atoms with Gasteiger partial charge in [0.25, 0.3) is 10.0 Å². The number of ether oxygens (including phenoxy) is 1. The van der Waals surface area contributed by atoms with E-state index in [0.717, 1.165) is 0 Å². The van der Waals surface area contributed by atoms with E-state index in [1.165, 1.54) is 24.3 Å². The molecule has 1 aromatic heterocycles. The number of aryl methyl sites for hydroxylation is 1. The molecule has 0 radical (unpaired) electrons. The molecule has 4 aromatic rings. The zero-order valence-electron chi connectivity index (χ0n) is 17.1. The van der Waals surface area contributed by atoms with Crippen LogP contribution < -0.4 is 4.72 Å². The number of hydrogen-bond acceptors (Lipinski definition) is 5. The molecule has 0 fully saturated rings. The number of fused-ring (bicyclic) bond motifs is 3. The van der Waals surface area contributed by atoms with Crippen molar-refractivity contribution in [3.05, 3.63) is 70.9 Å². The summed E-state index contributed by atoms with van der Waals surface area (Å²) in [5, 5.41) is 2.24. The molecule has 0 atom stereocenters. The predicted molar refractivity (Wildman–Crippen MR) is 121 cm³/mol. The highest BCUT2D eigenvalue weighted by Gasteiger charge is 2.24. The van der Waals surface area contributed by atoms with Gasteiger partial charge < -0.3 is 9.15 Å². The van der Waals surface area contributed by atoms with Crippen LogP contribution in [0, 0.1) is 6.92 Å². The summed E-state index contributed by atoms with van der Waals surface area (Å²) < 4.78 is 39.9. The van der Waals surface area contributed by atoms with Crippen LogP contribution in [0.4, 0.5) is 5.69 Å². The minimum atomic E-state index is -3.89. The van der Waals surface area contributed by atoms with Crippen LogP contribution in [-0.2, 0) is 14.8 Å². The van der Waals surface area contributed by atoms with Gasteiger partial charge in [0.05, 0.1) is 16.7 Å². The Labute approximate surface area is 184 Å². The second-order valence-electron chi connectivity index (χ2n) is 7.39. The van der Waals surface area contributed by atoms with E-state index in [1.54, 1.807) is 39.0 Å². The molecule has 4 rings (SSSR count). The summed E-state index contributed by atoms with van der Waals surface area (Å²) >= 11 is 5.88. The van der Waals surface area contributed by atoms with Gasteiger partial charge in [-0.1, -0.05) is 35.9 Å². The quantitative estimate of drug-likeness (QED) is 0.376. The molecule has 6 nitrogen and oxygen atoms in total. The van der Waals surface area contributed by atoms with Gasteiger partial charge in [-0.15, -0.1) is 0 Å². The smallest absolute Gasteiger partial charge is 0.342 e. The fraction of sp³-hybridized carbons (Fsp3) is 0.174. The van der Waals surface area contributed by atoms with Crippen LogP contribution in [0.5, 0.6) is 0 Å². The predicted octanol–water partition coefficient (Wildman–Crippen LogP) is 5.91. The highest BCUT2D eigenvalue weighted by molar-refractivity contribution is 7.92. The molecule has 0 unspecified atom stereocenters. The van der Waals surface area contributed by atoms with Crippen molar-refractivity contribution in [2.75, 3.05) is 4.72 Å². The Balaban J connectivity index is 1.92. The number of furan rings is 1. The lowest BCUT2D eigenvalue weighted by Gasteiger charge is -2.12. The molecule has 3 aromatic carbocycles. The molecular weight excluding hydrogens is 438 g/mol. The molecule has 0 aliphatic heterocycles. The SMILES string of the molecule is Cc1oc2c(cc(NS(=O)(=O)c3ccc(Cl)cc3)c3ccccc32)c1C(=O)OC(C)C. The first-order chi connectivity index (χ1) is 14.7. The van der Waals surface area contributed by atoms with Crippen LogP contribution in [0.1, 0.15) is 30.0 Å². The molecule has 31 heavy (non-hydrogen) atoms. The molecule has 0 bridgehead atoms. The molecule has 1 heterocycles. The molecule has 0 spiro atoms. The van der Waals surface area contributed by atoms with Crippen LogP contribution in [0.3, 0.4) is 0 Å². The minimum Gasteiger partial charge on any atom is -0.460 e. The normalized spacial score (nSPS) is 11.9. The lowest BCUT2D eigenvalue weighted by atomic mass is 10.0. The summed E-state index contributed by atoms with van der Waals surface area (Å²) in [4.78, 5) is 12.8. The van der Waals surface area contributed by atoms with Gasteiger partial charge in [0, 0.05) is 21.2 Å². The molecule has 8 heteroatoms. The number of benzene rings is 3. The zero-order chi connectivity index (χ0) is 22.3. The fourth-order valence-electron chi connectivity index (χ4n) is 3.47. The first kappa shape index (κ1) is 21.2. The van der Waals surface area contributed by atoms with E-state index in [0.29, 0.717) is 38.2 Å². The van der Waals surface area contributed by atoms with E-state index in [9.17, 15) is 13.2 Å². The van der Waals surface area contributed by atoms with Crippen molar-refractivity contribution in [1.82, 2.24) is 0 Å². The third-order valence-electron chi connectivity index (χ3n) is 4.79. The van der Waals surface area contributed by atoms with Gasteiger partial charge in [-0.3, -0.25) is 4.72 Å². The molecule has 0 saturated heterocycles. The summed E-state index contributed by atoms with van der Waals surface area (Å²) in [7, 11) is -3.89. The Hall–Kier alpha value is -3.03. The lowest BCUT2D eigenvalue weighted by molar-refractivity contribution is 0.0378. The summed E-state index contributed by atoms with van der Waals surface area (Å²) in [6.07, 6.45) is -0.305. The molecule has 0 saturated carbocycles. The van der Waals surface area contributed by atoms with E-state index >= 15 is 0 Å². The second kappa shape index (κ2) is 7.90. The first-order valence-electron chi connectivity index (χ1n) is 9.61. The number of esters is 1. The van der Waals surface area contributed by atoms with Crippen molar-refractivity contribution in [2.45, 2.75) is 31.8 Å². The van der Waals surface area contributed by atoms with Crippen molar-refractivity contribution < 1.29 is 22.4 Å². The van der Waals surface area contributed by atoms with E-state index in [2.05, 4.69) is 4.72 Å². The first-order valence-corrected chi connectivity index (χ1v) is 11.5. The van der Waals surface area contributed by atoms with Gasteiger partial charge in [-0.2, -0.15) is 0 Å². The summed E-state index contributed by atoms with van der Waals surface area (Å²) in [5.74, 6) is -0.114. The van der Waals surface area contributed by atoms with E-state index < -0.39 is 16.0 Å². The number of rotatable bonds is 5. The van der Waals surface area contributed by atoms with Gasteiger partial charge in [0.1, 0.15) is 16.9 Å². The fourth-order valence-corrected chi connectivity index (χ4v) is 4.66.